The lowest BCUT2D eigenvalue weighted by molar-refractivity contribution is -0.122. The SMILES string of the molecule is Cc1ccccc1CNC(=O)Cn1nc(C)c2nn(-c3ccccc3)c(-n3cccc3)c2c1=O. The Balaban J connectivity index is 1.55. The van der Waals surface area contributed by atoms with Crippen molar-refractivity contribution in [3.63, 3.8) is 0 Å². The van der Waals surface area contributed by atoms with Gasteiger partial charge in [-0.25, -0.2) is 9.36 Å². The minimum Gasteiger partial charge on any atom is -0.350 e. The van der Waals surface area contributed by atoms with E-state index in [9.17, 15) is 9.59 Å². The summed E-state index contributed by atoms with van der Waals surface area (Å²) in [5.74, 6) is 0.324. The van der Waals surface area contributed by atoms with Crippen molar-refractivity contribution in [3.05, 3.63) is 106 Å². The normalized spacial score (nSPS) is 11.1. The van der Waals surface area contributed by atoms with E-state index in [2.05, 4.69) is 10.4 Å². The number of aromatic nitrogens is 5. The molecule has 34 heavy (non-hydrogen) atoms. The van der Waals surface area contributed by atoms with Gasteiger partial charge in [0.1, 0.15) is 17.4 Å². The second-order valence-corrected chi connectivity index (χ2v) is 8.14. The van der Waals surface area contributed by atoms with E-state index in [4.69, 9.17) is 5.10 Å². The largest absolute Gasteiger partial charge is 0.350 e. The highest BCUT2D eigenvalue weighted by molar-refractivity contribution is 5.88. The molecule has 0 aliphatic heterocycles. The first kappa shape index (κ1) is 21.4. The van der Waals surface area contributed by atoms with Crippen molar-refractivity contribution >= 4 is 16.8 Å². The van der Waals surface area contributed by atoms with E-state index in [-0.39, 0.29) is 18.0 Å². The number of aryl methyl sites for hydroxylation is 2. The smallest absolute Gasteiger partial charge is 0.280 e. The Bertz CT molecular complexity index is 1530. The van der Waals surface area contributed by atoms with Gasteiger partial charge in [-0.3, -0.25) is 9.59 Å². The topological polar surface area (TPSA) is 86.7 Å². The molecule has 1 amide bonds. The van der Waals surface area contributed by atoms with Crippen molar-refractivity contribution in [2.24, 2.45) is 0 Å². The number of hydrogen-bond acceptors (Lipinski definition) is 4. The zero-order valence-electron chi connectivity index (χ0n) is 19.0. The number of amides is 1. The van der Waals surface area contributed by atoms with E-state index in [1.807, 2.05) is 90.6 Å². The maximum absolute atomic E-state index is 13.6. The van der Waals surface area contributed by atoms with Gasteiger partial charge in [-0.1, -0.05) is 42.5 Å². The van der Waals surface area contributed by atoms with Crippen LogP contribution in [-0.2, 0) is 17.9 Å². The molecule has 0 saturated heterocycles. The van der Waals surface area contributed by atoms with Crippen LogP contribution in [0.2, 0.25) is 0 Å². The number of carbonyl (C=O) groups is 1. The van der Waals surface area contributed by atoms with Crippen molar-refractivity contribution in [3.8, 4) is 11.5 Å². The van der Waals surface area contributed by atoms with Gasteiger partial charge >= 0.3 is 0 Å². The fraction of sp³-hybridized carbons (Fsp3) is 0.154. The van der Waals surface area contributed by atoms with Gasteiger partial charge in [0.2, 0.25) is 5.91 Å². The van der Waals surface area contributed by atoms with Crippen LogP contribution in [0.25, 0.3) is 22.4 Å². The molecule has 0 aliphatic carbocycles. The molecule has 3 heterocycles. The molecular weight excluding hydrogens is 428 g/mol. The molecule has 0 aliphatic rings. The molecule has 5 rings (SSSR count). The van der Waals surface area contributed by atoms with E-state index in [0.29, 0.717) is 29.0 Å². The minimum atomic E-state index is -0.363. The van der Waals surface area contributed by atoms with Crippen LogP contribution in [0.4, 0.5) is 0 Å². The van der Waals surface area contributed by atoms with Crippen LogP contribution in [-0.4, -0.2) is 30.0 Å². The Morgan fingerprint density at radius 3 is 2.35 bits per heavy atom. The predicted molar refractivity (Wildman–Crippen MR) is 130 cm³/mol. The lowest BCUT2D eigenvalue weighted by atomic mass is 10.1. The van der Waals surface area contributed by atoms with Crippen LogP contribution in [0, 0.1) is 13.8 Å². The van der Waals surface area contributed by atoms with Gasteiger partial charge in [-0.2, -0.15) is 10.2 Å². The summed E-state index contributed by atoms with van der Waals surface area (Å²) >= 11 is 0. The summed E-state index contributed by atoms with van der Waals surface area (Å²) < 4.78 is 4.81. The first-order valence-electron chi connectivity index (χ1n) is 11.0. The van der Waals surface area contributed by atoms with Crippen molar-refractivity contribution < 1.29 is 4.79 Å². The molecule has 170 valence electrons. The second-order valence-electron chi connectivity index (χ2n) is 8.14. The molecule has 0 unspecified atom stereocenters. The molecule has 0 saturated carbocycles. The third-order valence-electron chi connectivity index (χ3n) is 5.80. The molecule has 2 aromatic carbocycles. The van der Waals surface area contributed by atoms with Gasteiger partial charge in [0.25, 0.3) is 5.56 Å². The first-order valence-corrected chi connectivity index (χ1v) is 11.0. The summed E-state index contributed by atoms with van der Waals surface area (Å²) in [5, 5.41) is 12.4. The lowest BCUT2D eigenvalue weighted by Gasteiger charge is -2.10. The summed E-state index contributed by atoms with van der Waals surface area (Å²) in [4.78, 5) is 26.3. The monoisotopic (exact) mass is 452 g/mol. The fourth-order valence-corrected chi connectivity index (χ4v) is 4.03. The standard InChI is InChI=1S/C26H24N6O2/c1-18-10-6-7-11-20(18)16-27-22(33)17-31-26(34)23-24(19(2)28-31)29-32(21-12-4-3-5-13-21)25(23)30-14-8-9-15-30/h3-15H,16-17H2,1-2H3,(H,27,33). The zero-order chi connectivity index (χ0) is 23.7. The van der Waals surface area contributed by atoms with Gasteiger partial charge in [-0.05, 0) is 49.2 Å². The van der Waals surface area contributed by atoms with Crippen molar-refractivity contribution in [2.45, 2.75) is 26.9 Å². The maximum Gasteiger partial charge on any atom is 0.280 e. The summed E-state index contributed by atoms with van der Waals surface area (Å²) in [6.07, 6.45) is 3.73. The van der Waals surface area contributed by atoms with Crippen molar-refractivity contribution in [1.29, 1.82) is 0 Å². The minimum absolute atomic E-state index is 0.177. The van der Waals surface area contributed by atoms with Crippen molar-refractivity contribution in [2.75, 3.05) is 0 Å². The molecule has 0 radical (unpaired) electrons. The molecule has 8 heteroatoms. The molecular formula is C26H24N6O2. The Labute approximate surface area is 196 Å². The highest BCUT2D eigenvalue weighted by atomic mass is 16.2. The van der Waals surface area contributed by atoms with Crippen LogP contribution in [0.15, 0.2) is 83.9 Å². The number of hydrogen-bond donors (Lipinski definition) is 1. The highest BCUT2D eigenvalue weighted by Crippen LogP contribution is 2.24. The summed E-state index contributed by atoms with van der Waals surface area (Å²) in [6.45, 7) is 4.01. The van der Waals surface area contributed by atoms with Gasteiger partial charge in [0.05, 0.1) is 11.4 Å². The van der Waals surface area contributed by atoms with Crippen LogP contribution in [0.1, 0.15) is 16.8 Å². The van der Waals surface area contributed by atoms with Crippen molar-refractivity contribution in [1.82, 2.24) is 29.4 Å². The van der Waals surface area contributed by atoms with Crippen LogP contribution < -0.4 is 10.9 Å². The first-order chi connectivity index (χ1) is 16.5. The summed E-state index contributed by atoms with van der Waals surface area (Å²) in [7, 11) is 0. The Morgan fingerprint density at radius 2 is 1.62 bits per heavy atom. The van der Waals surface area contributed by atoms with E-state index in [0.717, 1.165) is 16.8 Å². The number of carbonyl (C=O) groups excluding carboxylic acids is 1. The summed E-state index contributed by atoms with van der Waals surface area (Å²) in [5.41, 5.74) is 3.67. The zero-order valence-corrected chi connectivity index (χ0v) is 19.0. The van der Waals surface area contributed by atoms with Crippen LogP contribution >= 0.6 is 0 Å². The Kier molecular flexibility index (Phi) is 5.55. The lowest BCUT2D eigenvalue weighted by Crippen LogP contribution is -2.34. The van der Waals surface area contributed by atoms with Crippen LogP contribution in [0.5, 0.6) is 0 Å². The third-order valence-corrected chi connectivity index (χ3v) is 5.80. The fourth-order valence-electron chi connectivity index (χ4n) is 4.03. The Hall–Kier alpha value is -4.46. The molecule has 1 N–H and O–H groups in total. The average molecular weight is 453 g/mol. The van der Waals surface area contributed by atoms with E-state index in [1.54, 1.807) is 11.6 Å². The van der Waals surface area contributed by atoms with E-state index < -0.39 is 0 Å². The quantitative estimate of drug-likeness (QED) is 0.428. The number of rotatable bonds is 6. The van der Waals surface area contributed by atoms with E-state index >= 15 is 0 Å². The van der Waals surface area contributed by atoms with Crippen LogP contribution in [0.3, 0.4) is 0 Å². The van der Waals surface area contributed by atoms with Gasteiger partial charge in [0, 0.05) is 18.9 Å². The number of benzene rings is 2. The number of nitrogens with one attached hydrogen (secondary N) is 1. The molecule has 3 aromatic heterocycles. The maximum atomic E-state index is 13.6. The number of nitrogens with zero attached hydrogens (tertiary/aromatic N) is 5. The Morgan fingerprint density at radius 1 is 0.912 bits per heavy atom. The van der Waals surface area contributed by atoms with Gasteiger partial charge in [-0.15, -0.1) is 0 Å². The predicted octanol–water partition coefficient (Wildman–Crippen LogP) is 3.31. The number of fused-ring (bicyclic) bond motifs is 1. The third kappa shape index (κ3) is 3.90. The highest BCUT2D eigenvalue weighted by Gasteiger charge is 2.22. The van der Waals surface area contributed by atoms with E-state index in [1.165, 1.54) is 4.68 Å². The number of para-hydroxylation sites is 1. The molecule has 5 aromatic rings. The second kappa shape index (κ2) is 8.82. The summed E-state index contributed by atoms with van der Waals surface area (Å²) in [6, 6.07) is 21.3. The molecule has 0 atom stereocenters. The molecule has 0 spiro atoms. The molecule has 0 fully saturated rings. The van der Waals surface area contributed by atoms with Gasteiger partial charge in [0.15, 0.2) is 5.82 Å². The molecule has 8 nitrogen and oxygen atoms in total. The molecule has 0 bridgehead atoms. The van der Waals surface area contributed by atoms with Gasteiger partial charge < -0.3 is 9.88 Å². The average Bonchev–Trinajstić information content (AvgIpc) is 3.51.